The summed E-state index contributed by atoms with van der Waals surface area (Å²) in [4.78, 5) is 50.8. The number of aromatic nitrogens is 2. The zero-order valence-electron chi connectivity index (χ0n) is 22.3. The van der Waals surface area contributed by atoms with Crippen molar-refractivity contribution in [2.45, 2.75) is 71.2 Å². The molecule has 2 amide bonds. The molecule has 1 saturated heterocycles. The Kier molecular flexibility index (Phi) is 9.24. The number of amides is 2. The molecule has 2 aromatic rings. The number of phenolic OH excluding ortho intramolecular Hbond substituents is 1. The number of esters is 1. The quantitative estimate of drug-likeness (QED) is 0.398. The smallest absolute Gasteiger partial charge is 0.329 e. The number of aliphatic hydroxyl groups excluding tert-OH is 1. The lowest BCUT2D eigenvalue weighted by molar-refractivity contribution is -0.155. The number of benzene rings is 1. The maximum absolute atomic E-state index is 13.7. The number of aliphatic hydroxyl groups is 1. The standard InChI is InChI=1S/C28H34N4O6S/c1-16-17(2)30-21(18(3)29-16)15-38-28(37)22-6-4-12-32(22)27(36)25(24-7-5-13-39-24)31-26(35)23(34)14-19-8-10-20(33)11-9-19/h7-11,22-23,25,33-34H,4-6,12-15H2,1-3H3,(H,31,35). The molecule has 4 rings (SSSR count). The maximum atomic E-state index is 13.7. The van der Waals surface area contributed by atoms with Gasteiger partial charge in [0, 0.05) is 23.6 Å². The van der Waals surface area contributed by atoms with Crippen LogP contribution in [-0.4, -0.2) is 73.3 Å². The number of carbonyl (C=O) groups is 3. The van der Waals surface area contributed by atoms with E-state index in [4.69, 9.17) is 4.74 Å². The fourth-order valence-electron chi connectivity index (χ4n) is 4.65. The number of nitrogens with zero attached hydrogens (tertiary/aromatic N) is 3. The lowest BCUT2D eigenvalue weighted by Gasteiger charge is -2.29. The number of rotatable bonds is 9. The predicted octanol–water partition coefficient (Wildman–Crippen LogP) is 2.25. The molecule has 10 nitrogen and oxygen atoms in total. The minimum absolute atomic E-state index is 0.0265. The number of hydrogen-bond donors (Lipinski definition) is 3. The van der Waals surface area contributed by atoms with Gasteiger partial charge in [0.2, 0.25) is 5.91 Å². The van der Waals surface area contributed by atoms with Gasteiger partial charge in [0.1, 0.15) is 30.5 Å². The fourth-order valence-corrected chi connectivity index (χ4v) is 5.69. The van der Waals surface area contributed by atoms with E-state index >= 15 is 0 Å². The van der Waals surface area contributed by atoms with Gasteiger partial charge in [-0.05, 0) is 57.7 Å². The first-order chi connectivity index (χ1) is 18.6. The zero-order chi connectivity index (χ0) is 28.1. The summed E-state index contributed by atoms with van der Waals surface area (Å²) in [6.07, 6.45) is 2.39. The van der Waals surface area contributed by atoms with Crippen molar-refractivity contribution < 1.29 is 29.3 Å². The van der Waals surface area contributed by atoms with Crippen LogP contribution in [0.3, 0.4) is 0 Å². The molecule has 1 fully saturated rings. The number of thioether (sulfide) groups is 1. The van der Waals surface area contributed by atoms with Crippen LogP contribution in [0.15, 0.2) is 35.2 Å². The van der Waals surface area contributed by atoms with E-state index in [-0.39, 0.29) is 18.8 Å². The van der Waals surface area contributed by atoms with Crippen LogP contribution in [0.2, 0.25) is 0 Å². The highest BCUT2D eigenvalue weighted by molar-refractivity contribution is 8.03. The second-order valence-electron chi connectivity index (χ2n) is 9.80. The number of allylic oxidation sites excluding steroid dienone is 1. The summed E-state index contributed by atoms with van der Waals surface area (Å²) >= 11 is 1.48. The molecule has 2 aliphatic heterocycles. The minimum Gasteiger partial charge on any atom is -0.508 e. The third-order valence-corrected chi connectivity index (χ3v) is 8.13. The average molecular weight is 555 g/mol. The van der Waals surface area contributed by atoms with Crippen LogP contribution in [0, 0.1) is 20.8 Å². The number of likely N-dealkylation sites (tertiary alicyclic amines) is 1. The topological polar surface area (TPSA) is 142 Å². The Morgan fingerprint density at radius 3 is 2.54 bits per heavy atom. The molecule has 0 aliphatic carbocycles. The molecular formula is C28H34N4O6S. The molecule has 1 aromatic carbocycles. The van der Waals surface area contributed by atoms with E-state index in [0.29, 0.717) is 41.2 Å². The van der Waals surface area contributed by atoms with Gasteiger partial charge in [-0.25, -0.2) is 4.79 Å². The van der Waals surface area contributed by atoms with Crippen molar-refractivity contribution in [2.75, 3.05) is 12.3 Å². The summed E-state index contributed by atoms with van der Waals surface area (Å²) < 4.78 is 5.57. The number of carbonyl (C=O) groups excluding carboxylic acids is 3. The van der Waals surface area contributed by atoms with Gasteiger partial charge in [-0.1, -0.05) is 18.2 Å². The summed E-state index contributed by atoms with van der Waals surface area (Å²) in [5.41, 5.74) is 3.50. The van der Waals surface area contributed by atoms with Crippen molar-refractivity contribution in [3.05, 3.63) is 63.6 Å². The Balaban J connectivity index is 1.43. The Labute approximate surface area is 231 Å². The van der Waals surface area contributed by atoms with Crippen molar-refractivity contribution in [3.8, 4) is 5.75 Å². The van der Waals surface area contributed by atoms with E-state index in [1.54, 1.807) is 12.1 Å². The summed E-state index contributed by atoms with van der Waals surface area (Å²) in [5.74, 6) is -0.734. The SMILES string of the molecule is Cc1nc(C)c(COC(=O)C2CCCN2C(=O)C(NC(=O)C(O)Cc2ccc(O)cc2)C2=CCCS2)nc1C. The molecule has 208 valence electrons. The van der Waals surface area contributed by atoms with E-state index in [1.165, 1.54) is 28.8 Å². The van der Waals surface area contributed by atoms with E-state index in [0.717, 1.165) is 23.6 Å². The van der Waals surface area contributed by atoms with Gasteiger partial charge >= 0.3 is 5.97 Å². The van der Waals surface area contributed by atoms with Gasteiger partial charge < -0.3 is 25.2 Å². The molecule has 3 N–H and O–H groups in total. The van der Waals surface area contributed by atoms with E-state index < -0.39 is 36.0 Å². The molecular weight excluding hydrogens is 520 g/mol. The highest BCUT2D eigenvalue weighted by Crippen LogP contribution is 2.30. The molecule has 0 saturated carbocycles. The second kappa shape index (κ2) is 12.6. The van der Waals surface area contributed by atoms with E-state index in [2.05, 4.69) is 15.3 Å². The summed E-state index contributed by atoms with van der Waals surface area (Å²) in [5, 5.41) is 22.7. The van der Waals surface area contributed by atoms with Crippen LogP contribution in [0.4, 0.5) is 0 Å². The van der Waals surface area contributed by atoms with Crippen molar-refractivity contribution in [1.82, 2.24) is 20.2 Å². The van der Waals surface area contributed by atoms with E-state index in [9.17, 15) is 24.6 Å². The summed E-state index contributed by atoms with van der Waals surface area (Å²) in [7, 11) is 0. The summed E-state index contributed by atoms with van der Waals surface area (Å²) in [6.45, 7) is 5.84. The van der Waals surface area contributed by atoms with Gasteiger partial charge in [0.15, 0.2) is 0 Å². The molecule has 0 spiro atoms. The number of phenols is 1. The first-order valence-corrected chi connectivity index (χ1v) is 14.0. The lowest BCUT2D eigenvalue weighted by Crippen LogP contribution is -2.54. The predicted molar refractivity (Wildman–Crippen MR) is 146 cm³/mol. The Morgan fingerprint density at radius 1 is 1.13 bits per heavy atom. The van der Waals surface area contributed by atoms with Crippen molar-refractivity contribution in [1.29, 1.82) is 0 Å². The summed E-state index contributed by atoms with van der Waals surface area (Å²) in [6, 6.07) is 4.43. The maximum Gasteiger partial charge on any atom is 0.329 e. The molecule has 2 aliphatic rings. The molecule has 3 atom stereocenters. The number of aryl methyl sites for hydroxylation is 3. The number of nitrogens with one attached hydrogen (secondary N) is 1. The highest BCUT2D eigenvalue weighted by Gasteiger charge is 2.40. The van der Waals surface area contributed by atoms with Gasteiger partial charge in [-0.2, -0.15) is 0 Å². The number of aromatic hydroxyl groups is 1. The Morgan fingerprint density at radius 2 is 1.85 bits per heavy atom. The van der Waals surface area contributed by atoms with Gasteiger partial charge in [-0.15, -0.1) is 11.8 Å². The second-order valence-corrected chi connectivity index (χ2v) is 11.0. The lowest BCUT2D eigenvalue weighted by atomic mass is 10.1. The van der Waals surface area contributed by atoms with Gasteiger partial charge in [-0.3, -0.25) is 19.6 Å². The molecule has 11 heteroatoms. The average Bonchev–Trinajstić information content (AvgIpc) is 3.62. The largest absolute Gasteiger partial charge is 0.508 e. The third kappa shape index (κ3) is 6.96. The first-order valence-electron chi connectivity index (χ1n) is 13.0. The van der Waals surface area contributed by atoms with Crippen molar-refractivity contribution in [3.63, 3.8) is 0 Å². The van der Waals surface area contributed by atoms with Crippen LogP contribution < -0.4 is 5.32 Å². The highest BCUT2D eigenvalue weighted by atomic mass is 32.2. The number of hydrogen-bond acceptors (Lipinski definition) is 9. The van der Waals surface area contributed by atoms with Crippen LogP contribution in [0.1, 0.15) is 47.6 Å². The Bertz CT molecular complexity index is 1270. The first kappa shape index (κ1) is 28.6. The molecule has 1 aromatic heterocycles. The minimum atomic E-state index is -1.39. The monoisotopic (exact) mass is 554 g/mol. The molecule has 0 radical (unpaired) electrons. The van der Waals surface area contributed by atoms with E-state index in [1.807, 2.05) is 26.8 Å². The van der Waals surface area contributed by atoms with Crippen LogP contribution in [-0.2, 0) is 32.1 Å². The third-order valence-electron chi connectivity index (χ3n) is 6.96. The zero-order valence-corrected chi connectivity index (χ0v) is 23.2. The van der Waals surface area contributed by atoms with Crippen LogP contribution in [0.25, 0.3) is 0 Å². The fraction of sp³-hybridized carbons (Fsp3) is 0.464. The van der Waals surface area contributed by atoms with Gasteiger partial charge in [0.05, 0.1) is 22.8 Å². The van der Waals surface area contributed by atoms with Crippen LogP contribution in [0.5, 0.6) is 5.75 Å². The molecule has 3 unspecified atom stereocenters. The number of ether oxygens (including phenoxy) is 1. The van der Waals surface area contributed by atoms with Gasteiger partial charge in [0.25, 0.3) is 5.91 Å². The molecule has 3 heterocycles. The van der Waals surface area contributed by atoms with Crippen molar-refractivity contribution >= 4 is 29.5 Å². The Hall–Kier alpha value is -3.44. The normalized spacial score (nSPS) is 18.4. The molecule has 0 bridgehead atoms. The van der Waals surface area contributed by atoms with Crippen molar-refractivity contribution in [2.24, 2.45) is 0 Å². The molecule has 39 heavy (non-hydrogen) atoms. The van der Waals surface area contributed by atoms with Crippen LogP contribution >= 0.6 is 11.8 Å².